The maximum Gasteiger partial charge on any atom is 0.159 e. The van der Waals surface area contributed by atoms with Crippen LogP contribution in [-0.4, -0.2) is 37.0 Å². The van der Waals surface area contributed by atoms with Gasteiger partial charge in [0.25, 0.3) is 0 Å². The van der Waals surface area contributed by atoms with Gasteiger partial charge in [-0.25, -0.2) is 0 Å². The molecule has 0 unspecified atom stereocenters. The van der Waals surface area contributed by atoms with Crippen LogP contribution in [0.4, 0.5) is 5.82 Å². The van der Waals surface area contributed by atoms with Crippen molar-refractivity contribution in [3.05, 3.63) is 59.3 Å². The lowest BCUT2D eigenvalue weighted by Crippen LogP contribution is -2.47. The molecule has 3 heterocycles. The van der Waals surface area contributed by atoms with Crippen LogP contribution >= 0.6 is 0 Å². The molecule has 5 nitrogen and oxygen atoms in total. The number of methoxy groups -OCH3 is 1. The van der Waals surface area contributed by atoms with Crippen LogP contribution in [0.15, 0.2) is 42.5 Å². The highest BCUT2D eigenvalue weighted by atomic mass is 16.5. The minimum atomic E-state index is -0.259. The zero-order valence-corrected chi connectivity index (χ0v) is 16.4. The van der Waals surface area contributed by atoms with E-state index in [0.717, 1.165) is 56.2 Å². The Balaban J connectivity index is 1.48. The Labute approximate surface area is 165 Å². The predicted molar refractivity (Wildman–Crippen MR) is 110 cm³/mol. The molecule has 0 radical (unpaired) electrons. The molecule has 2 aliphatic heterocycles. The summed E-state index contributed by atoms with van der Waals surface area (Å²) in [4.78, 5) is 2.35. The number of fused-ring (bicyclic) bond motifs is 3. The third-order valence-electron chi connectivity index (χ3n) is 6.26. The Hall–Kier alpha value is -2.66. The van der Waals surface area contributed by atoms with Gasteiger partial charge in [0, 0.05) is 29.4 Å². The first-order valence-corrected chi connectivity index (χ1v) is 9.99. The average molecular weight is 375 g/mol. The van der Waals surface area contributed by atoms with Crippen molar-refractivity contribution in [3.8, 4) is 5.75 Å². The van der Waals surface area contributed by atoms with E-state index in [1.807, 2.05) is 6.92 Å². The minimum Gasteiger partial charge on any atom is -0.496 e. The van der Waals surface area contributed by atoms with Crippen LogP contribution in [0.25, 0.3) is 10.8 Å². The van der Waals surface area contributed by atoms with Crippen molar-refractivity contribution in [2.75, 3.05) is 31.7 Å². The molecule has 5 rings (SSSR count). The molecule has 1 spiro atoms. The highest BCUT2D eigenvalue weighted by molar-refractivity contribution is 5.93. The van der Waals surface area contributed by atoms with E-state index in [0.29, 0.717) is 0 Å². The van der Waals surface area contributed by atoms with E-state index in [4.69, 9.17) is 9.47 Å². The number of aromatic nitrogens is 2. The number of anilines is 1. The molecular weight excluding hydrogens is 350 g/mol. The van der Waals surface area contributed by atoms with Crippen molar-refractivity contribution in [1.29, 1.82) is 0 Å². The monoisotopic (exact) mass is 375 g/mol. The van der Waals surface area contributed by atoms with Gasteiger partial charge in [-0.3, -0.25) is 0 Å². The Morgan fingerprint density at radius 2 is 1.79 bits per heavy atom. The lowest BCUT2D eigenvalue weighted by molar-refractivity contribution is -0.0780. The summed E-state index contributed by atoms with van der Waals surface area (Å²) >= 11 is 0. The number of rotatable bonds is 2. The Kier molecular flexibility index (Phi) is 4.20. The fraction of sp³-hybridized carbons (Fsp3) is 0.391. The highest BCUT2D eigenvalue weighted by Gasteiger charge is 2.43. The molecule has 2 aromatic carbocycles. The summed E-state index contributed by atoms with van der Waals surface area (Å²) in [6.07, 6.45) is 2.79. The summed E-state index contributed by atoms with van der Waals surface area (Å²) in [5.41, 5.74) is 3.33. The van der Waals surface area contributed by atoms with E-state index in [2.05, 4.69) is 57.6 Å². The summed E-state index contributed by atoms with van der Waals surface area (Å²) in [5, 5.41) is 11.3. The van der Waals surface area contributed by atoms with Crippen LogP contribution in [0.1, 0.15) is 29.7 Å². The quantitative estimate of drug-likeness (QED) is 0.677. The summed E-state index contributed by atoms with van der Waals surface area (Å²) in [6, 6.07) is 14.8. The molecule has 0 aliphatic carbocycles. The largest absolute Gasteiger partial charge is 0.496 e. The molecule has 5 heteroatoms. The Bertz CT molecular complexity index is 1010. The average Bonchev–Trinajstić information content (AvgIpc) is 2.75. The number of hydrogen-bond donors (Lipinski definition) is 0. The lowest BCUT2D eigenvalue weighted by Gasteiger charge is -2.45. The molecule has 1 saturated heterocycles. The van der Waals surface area contributed by atoms with Crippen LogP contribution in [-0.2, 0) is 16.8 Å². The maximum atomic E-state index is 6.42. The van der Waals surface area contributed by atoms with Crippen molar-refractivity contribution < 1.29 is 9.47 Å². The number of ether oxygens (including phenoxy) is 2. The Morgan fingerprint density at radius 3 is 2.57 bits per heavy atom. The van der Waals surface area contributed by atoms with Gasteiger partial charge in [0.05, 0.1) is 19.4 Å². The zero-order chi connectivity index (χ0) is 19.1. The molecule has 28 heavy (non-hydrogen) atoms. The topological polar surface area (TPSA) is 47.5 Å². The minimum absolute atomic E-state index is 0.259. The first-order chi connectivity index (χ1) is 13.7. The van der Waals surface area contributed by atoms with Crippen molar-refractivity contribution in [1.82, 2.24) is 10.2 Å². The molecule has 0 atom stereocenters. The van der Waals surface area contributed by atoms with Gasteiger partial charge in [-0.05, 0) is 37.8 Å². The fourth-order valence-corrected chi connectivity index (χ4v) is 4.83. The second-order valence-electron chi connectivity index (χ2n) is 7.73. The van der Waals surface area contributed by atoms with Crippen molar-refractivity contribution in [3.63, 3.8) is 0 Å². The van der Waals surface area contributed by atoms with Crippen molar-refractivity contribution in [2.45, 2.75) is 31.8 Å². The van der Waals surface area contributed by atoms with E-state index in [9.17, 15) is 0 Å². The number of piperidine rings is 1. The van der Waals surface area contributed by atoms with E-state index in [1.54, 1.807) is 7.11 Å². The van der Waals surface area contributed by atoms with Crippen LogP contribution in [0.2, 0.25) is 0 Å². The van der Waals surface area contributed by atoms with Gasteiger partial charge < -0.3 is 14.4 Å². The van der Waals surface area contributed by atoms with Crippen LogP contribution < -0.4 is 9.64 Å². The summed E-state index contributed by atoms with van der Waals surface area (Å²) in [7, 11) is 1.75. The van der Waals surface area contributed by atoms with Crippen LogP contribution in [0.5, 0.6) is 5.75 Å². The second kappa shape index (κ2) is 6.74. The van der Waals surface area contributed by atoms with E-state index in [-0.39, 0.29) is 5.60 Å². The highest BCUT2D eigenvalue weighted by Crippen LogP contribution is 2.46. The molecule has 3 aromatic rings. The number of hydrogen-bond acceptors (Lipinski definition) is 5. The standard InChI is InChI=1S/C23H25N3O2/c1-16-18-7-3-4-8-19(18)22(25-24-16)26-13-11-23(12-14-26)21-17(10-15-28-23)6-5-9-20(21)27-2/h3-9H,10-15H2,1-2H3. The Morgan fingerprint density at radius 1 is 1.00 bits per heavy atom. The SMILES string of the molecule is COc1cccc2c1C1(CCN(c3nnc(C)c4ccccc34)CC1)OCC2. The molecule has 144 valence electrons. The van der Waals surface area contributed by atoms with Gasteiger partial charge in [-0.15, -0.1) is 5.10 Å². The molecule has 0 bridgehead atoms. The van der Waals surface area contributed by atoms with E-state index in [1.165, 1.54) is 21.9 Å². The summed E-state index contributed by atoms with van der Waals surface area (Å²) < 4.78 is 12.1. The normalized spacial score (nSPS) is 18.3. The summed E-state index contributed by atoms with van der Waals surface area (Å²) in [6.45, 7) is 4.56. The van der Waals surface area contributed by atoms with Crippen molar-refractivity contribution in [2.24, 2.45) is 0 Å². The number of benzene rings is 2. The fourth-order valence-electron chi connectivity index (χ4n) is 4.83. The first-order valence-electron chi connectivity index (χ1n) is 9.99. The van der Waals surface area contributed by atoms with Crippen molar-refractivity contribution >= 4 is 16.6 Å². The maximum absolute atomic E-state index is 6.42. The van der Waals surface area contributed by atoms with Gasteiger partial charge in [0.15, 0.2) is 5.82 Å². The van der Waals surface area contributed by atoms with Gasteiger partial charge in [0.1, 0.15) is 11.4 Å². The van der Waals surface area contributed by atoms with Gasteiger partial charge in [-0.1, -0.05) is 36.4 Å². The van der Waals surface area contributed by atoms with E-state index < -0.39 is 0 Å². The van der Waals surface area contributed by atoms with Gasteiger partial charge >= 0.3 is 0 Å². The van der Waals surface area contributed by atoms with E-state index >= 15 is 0 Å². The van der Waals surface area contributed by atoms with Crippen LogP contribution in [0, 0.1) is 6.92 Å². The van der Waals surface area contributed by atoms with Gasteiger partial charge in [-0.2, -0.15) is 5.10 Å². The van der Waals surface area contributed by atoms with Gasteiger partial charge in [0.2, 0.25) is 0 Å². The molecule has 1 aromatic heterocycles. The molecule has 0 amide bonds. The molecule has 1 fully saturated rings. The second-order valence-corrected chi connectivity index (χ2v) is 7.73. The third-order valence-corrected chi connectivity index (χ3v) is 6.26. The lowest BCUT2D eigenvalue weighted by atomic mass is 9.78. The van der Waals surface area contributed by atoms with Crippen LogP contribution in [0.3, 0.4) is 0 Å². The smallest absolute Gasteiger partial charge is 0.159 e. The summed E-state index contributed by atoms with van der Waals surface area (Å²) in [5.74, 6) is 1.93. The molecule has 2 aliphatic rings. The molecule has 0 N–H and O–H groups in total. The molecular formula is C23H25N3O2. The molecule has 0 saturated carbocycles. The predicted octanol–water partition coefficient (Wildman–Crippen LogP) is 4.02. The third kappa shape index (κ3) is 2.65. The number of nitrogens with zero attached hydrogens (tertiary/aromatic N) is 3. The first kappa shape index (κ1) is 17.4. The zero-order valence-electron chi connectivity index (χ0n) is 16.4. The number of aryl methyl sites for hydroxylation is 1.